The van der Waals surface area contributed by atoms with Crippen molar-refractivity contribution < 1.29 is 24.2 Å². The predicted molar refractivity (Wildman–Crippen MR) is 112 cm³/mol. The molecule has 2 aromatic rings. The summed E-state index contributed by atoms with van der Waals surface area (Å²) in [7, 11) is 3.00. The van der Waals surface area contributed by atoms with Gasteiger partial charge in [-0.1, -0.05) is 12.1 Å². The van der Waals surface area contributed by atoms with Gasteiger partial charge in [0.15, 0.2) is 0 Å². The molecule has 1 amide bonds. The molecule has 0 aliphatic rings. The van der Waals surface area contributed by atoms with Crippen LogP contribution in [0.25, 0.3) is 0 Å². The normalized spacial score (nSPS) is 11.4. The molecule has 0 saturated carbocycles. The molecule has 0 bridgehead atoms. The first-order valence-corrected chi connectivity index (χ1v) is 9.21. The van der Waals surface area contributed by atoms with Crippen LogP contribution in [0, 0.1) is 6.92 Å². The fourth-order valence-corrected chi connectivity index (χ4v) is 2.75. The molecule has 156 valence electrons. The number of aliphatic carboxylic acids is 1. The first kappa shape index (κ1) is 22.0. The van der Waals surface area contributed by atoms with Gasteiger partial charge in [-0.15, -0.1) is 0 Å². The van der Waals surface area contributed by atoms with E-state index in [1.165, 1.54) is 14.2 Å². The Kier molecular flexibility index (Phi) is 8.29. The van der Waals surface area contributed by atoms with Crippen molar-refractivity contribution in [3.8, 4) is 11.5 Å². The van der Waals surface area contributed by atoms with Crippen LogP contribution in [0.1, 0.15) is 12.0 Å². The molecule has 8 heteroatoms. The van der Waals surface area contributed by atoms with Crippen LogP contribution in [0.2, 0.25) is 0 Å². The van der Waals surface area contributed by atoms with Crippen LogP contribution in [-0.4, -0.2) is 50.3 Å². The Hall–Kier alpha value is -3.26. The quantitative estimate of drug-likeness (QED) is 0.428. The molecule has 0 aromatic heterocycles. The number of carboxylic acid groups (broad SMARTS) is 1. The number of anilines is 2. The smallest absolute Gasteiger partial charge is 0.321 e. The van der Waals surface area contributed by atoms with Crippen LogP contribution in [-0.2, 0) is 9.59 Å². The zero-order chi connectivity index (χ0) is 21.2. The van der Waals surface area contributed by atoms with Crippen molar-refractivity contribution >= 4 is 23.3 Å². The van der Waals surface area contributed by atoms with Gasteiger partial charge in [0.2, 0.25) is 5.91 Å². The molecule has 8 nitrogen and oxygen atoms in total. The summed E-state index contributed by atoms with van der Waals surface area (Å²) in [5.41, 5.74) is 2.51. The summed E-state index contributed by atoms with van der Waals surface area (Å²) in [5, 5.41) is 18.2. The van der Waals surface area contributed by atoms with Gasteiger partial charge in [0, 0.05) is 24.8 Å². The van der Waals surface area contributed by atoms with Gasteiger partial charge in [0.1, 0.15) is 17.5 Å². The van der Waals surface area contributed by atoms with Gasteiger partial charge >= 0.3 is 5.97 Å². The summed E-state index contributed by atoms with van der Waals surface area (Å²) >= 11 is 0. The largest absolute Gasteiger partial charge is 0.497 e. The average Bonchev–Trinajstić information content (AvgIpc) is 2.70. The second kappa shape index (κ2) is 10.9. The number of hydrogen-bond donors (Lipinski definition) is 4. The summed E-state index contributed by atoms with van der Waals surface area (Å²) in [4.78, 5) is 23.9. The van der Waals surface area contributed by atoms with E-state index in [1.807, 2.05) is 31.2 Å². The topological polar surface area (TPSA) is 109 Å². The van der Waals surface area contributed by atoms with Gasteiger partial charge in [-0.3, -0.25) is 9.59 Å². The second-order valence-electron chi connectivity index (χ2n) is 6.46. The Balaban J connectivity index is 1.88. The summed E-state index contributed by atoms with van der Waals surface area (Å²) in [5.74, 6) is -0.519. The van der Waals surface area contributed by atoms with Crippen LogP contribution >= 0.6 is 0 Å². The fraction of sp³-hybridized carbons (Fsp3) is 0.333. The number of methoxy groups -OCH3 is 2. The molecular formula is C21H27N3O5. The Bertz CT molecular complexity index is 841. The predicted octanol–water partition coefficient (Wildman–Crippen LogP) is 2.50. The van der Waals surface area contributed by atoms with Crippen molar-refractivity contribution in [2.24, 2.45) is 0 Å². The number of carbonyl (C=O) groups excluding carboxylic acids is 1. The SMILES string of the molecule is COc1ccc(OC)c(NC(=O)C[C@@H](NCCNc2cccc(C)c2)C(=O)O)c1. The maximum atomic E-state index is 12.4. The lowest BCUT2D eigenvalue weighted by Crippen LogP contribution is -2.41. The maximum absolute atomic E-state index is 12.4. The summed E-state index contributed by atoms with van der Waals surface area (Å²) in [6.45, 7) is 2.92. The Morgan fingerprint density at radius 2 is 1.86 bits per heavy atom. The highest BCUT2D eigenvalue weighted by molar-refractivity contribution is 5.95. The number of amides is 1. The first-order chi connectivity index (χ1) is 13.9. The van der Waals surface area contributed by atoms with Crippen molar-refractivity contribution in [1.82, 2.24) is 5.32 Å². The molecule has 0 fully saturated rings. The van der Waals surface area contributed by atoms with E-state index in [-0.39, 0.29) is 6.42 Å². The first-order valence-electron chi connectivity index (χ1n) is 9.21. The summed E-state index contributed by atoms with van der Waals surface area (Å²) in [6.07, 6.45) is -0.222. The van der Waals surface area contributed by atoms with Crippen molar-refractivity contribution in [1.29, 1.82) is 0 Å². The van der Waals surface area contributed by atoms with Crippen LogP contribution < -0.4 is 25.4 Å². The third-order valence-electron chi connectivity index (χ3n) is 4.23. The minimum absolute atomic E-state index is 0.222. The van der Waals surface area contributed by atoms with Gasteiger partial charge in [-0.25, -0.2) is 0 Å². The number of rotatable bonds is 11. The van der Waals surface area contributed by atoms with E-state index >= 15 is 0 Å². The van der Waals surface area contributed by atoms with Crippen molar-refractivity contribution in [3.05, 3.63) is 48.0 Å². The summed E-state index contributed by atoms with van der Waals surface area (Å²) in [6, 6.07) is 11.9. The molecule has 0 radical (unpaired) electrons. The van der Waals surface area contributed by atoms with Crippen molar-refractivity contribution in [3.63, 3.8) is 0 Å². The number of benzene rings is 2. The summed E-state index contributed by atoms with van der Waals surface area (Å²) < 4.78 is 10.4. The van der Waals surface area contributed by atoms with E-state index in [9.17, 15) is 14.7 Å². The molecule has 1 atom stereocenters. The van der Waals surface area contributed by atoms with Gasteiger partial charge < -0.3 is 30.5 Å². The van der Waals surface area contributed by atoms with E-state index < -0.39 is 17.9 Å². The van der Waals surface area contributed by atoms with Gasteiger partial charge in [-0.2, -0.15) is 0 Å². The van der Waals surface area contributed by atoms with Gasteiger partial charge in [-0.05, 0) is 36.8 Å². The fourth-order valence-electron chi connectivity index (χ4n) is 2.75. The third-order valence-corrected chi connectivity index (χ3v) is 4.23. The number of ether oxygens (including phenoxy) is 2. The molecule has 0 unspecified atom stereocenters. The molecule has 4 N–H and O–H groups in total. The molecule has 0 aliphatic heterocycles. The monoisotopic (exact) mass is 401 g/mol. The third kappa shape index (κ3) is 7.00. The molecule has 2 rings (SSSR count). The van der Waals surface area contributed by atoms with Crippen LogP contribution in [0.15, 0.2) is 42.5 Å². The molecular weight excluding hydrogens is 374 g/mol. The molecule has 0 aliphatic carbocycles. The molecule has 0 spiro atoms. The average molecular weight is 401 g/mol. The van der Waals surface area contributed by atoms with E-state index in [1.54, 1.807) is 18.2 Å². The van der Waals surface area contributed by atoms with Crippen LogP contribution in [0.4, 0.5) is 11.4 Å². The number of nitrogens with one attached hydrogen (secondary N) is 3. The highest BCUT2D eigenvalue weighted by Gasteiger charge is 2.21. The minimum atomic E-state index is -1.09. The minimum Gasteiger partial charge on any atom is -0.497 e. The molecule has 0 heterocycles. The molecule has 29 heavy (non-hydrogen) atoms. The number of carboxylic acids is 1. The number of carbonyl (C=O) groups is 2. The highest BCUT2D eigenvalue weighted by atomic mass is 16.5. The second-order valence-corrected chi connectivity index (χ2v) is 6.46. The van der Waals surface area contributed by atoms with E-state index in [0.717, 1.165) is 11.3 Å². The maximum Gasteiger partial charge on any atom is 0.321 e. The number of hydrogen-bond acceptors (Lipinski definition) is 6. The van der Waals surface area contributed by atoms with Gasteiger partial charge in [0.25, 0.3) is 0 Å². The van der Waals surface area contributed by atoms with E-state index in [2.05, 4.69) is 16.0 Å². The van der Waals surface area contributed by atoms with Crippen molar-refractivity contribution in [2.45, 2.75) is 19.4 Å². The Morgan fingerprint density at radius 1 is 1.07 bits per heavy atom. The Labute approximate surface area is 170 Å². The van der Waals surface area contributed by atoms with Crippen LogP contribution in [0.3, 0.4) is 0 Å². The zero-order valence-corrected chi connectivity index (χ0v) is 16.8. The van der Waals surface area contributed by atoms with Crippen LogP contribution in [0.5, 0.6) is 11.5 Å². The lowest BCUT2D eigenvalue weighted by Gasteiger charge is -2.16. The molecule has 2 aromatic carbocycles. The highest BCUT2D eigenvalue weighted by Crippen LogP contribution is 2.29. The number of aryl methyl sites for hydroxylation is 1. The lowest BCUT2D eigenvalue weighted by molar-refractivity contribution is -0.141. The van der Waals surface area contributed by atoms with Gasteiger partial charge in [0.05, 0.1) is 26.3 Å². The molecule has 0 saturated heterocycles. The standard InChI is InChI=1S/C21H27N3O5/c1-14-5-4-6-15(11-14)22-9-10-23-18(21(26)27)13-20(25)24-17-12-16(28-2)7-8-19(17)29-3/h4-8,11-12,18,22-23H,9-10,13H2,1-3H3,(H,24,25)(H,26,27)/t18-/m1/s1. The Morgan fingerprint density at radius 3 is 2.52 bits per heavy atom. The van der Waals surface area contributed by atoms with E-state index in [0.29, 0.717) is 30.3 Å². The van der Waals surface area contributed by atoms with E-state index in [4.69, 9.17) is 9.47 Å². The van der Waals surface area contributed by atoms with Crippen molar-refractivity contribution in [2.75, 3.05) is 37.9 Å². The zero-order valence-electron chi connectivity index (χ0n) is 16.8. The lowest BCUT2D eigenvalue weighted by atomic mass is 10.2.